The summed E-state index contributed by atoms with van der Waals surface area (Å²) in [6.45, 7) is 6.95. The molecule has 0 saturated heterocycles. The third kappa shape index (κ3) is 5.47. The molecule has 0 radical (unpaired) electrons. The van der Waals surface area contributed by atoms with E-state index in [-0.39, 0.29) is 12.0 Å². The second-order valence-corrected chi connectivity index (χ2v) is 4.04. The van der Waals surface area contributed by atoms with Crippen LogP contribution in [0.4, 0.5) is 5.82 Å². The van der Waals surface area contributed by atoms with Crippen LogP contribution in [0.2, 0.25) is 0 Å². The van der Waals surface area contributed by atoms with Crippen molar-refractivity contribution in [3.05, 3.63) is 12.4 Å². The van der Waals surface area contributed by atoms with Gasteiger partial charge in [-0.3, -0.25) is 4.79 Å². The highest BCUT2D eigenvalue weighted by Gasteiger charge is 2.03. The Balaban J connectivity index is 2.40. The maximum Gasteiger partial charge on any atom is 0.221 e. The number of carbonyl (C=O) groups is 1. The Labute approximate surface area is 107 Å². The number of ether oxygens (including phenoxy) is 1. The van der Waals surface area contributed by atoms with Crippen molar-refractivity contribution < 1.29 is 9.53 Å². The number of anilines is 1. The first kappa shape index (κ1) is 14.2. The molecule has 0 saturated carbocycles. The molecule has 6 heteroatoms. The first-order valence-electron chi connectivity index (χ1n) is 6.11. The van der Waals surface area contributed by atoms with Gasteiger partial charge in [0, 0.05) is 25.6 Å². The van der Waals surface area contributed by atoms with Gasteiger partial charge in [-0.15, -0.1) is 0 Å². The summed E-state index contributed by atoms with van der Waals surface area (Å²) < 4.78 is 5.45. The minimum Gasteiger partial charge on any atom is -0.475 e. The van der Waals surface area contributed by atoms with E-state index in [2.05, 4.69) is 20.6 Å². The molecule has 6 nitrogen and oxygen atoms in total. The number of nitrogens with zero attached hydrogens (tertiary/aromatic N) is 2. The lowest BCUT2D eigenvalue weighted by atomic mass is 10.4. The van der Waals surface area contributed by atoms with Gasteiger partial charge in [0.2, 0.25) is 11.8 Å². The van der Waals surface area contributed by atoms with Crippen molar-refractivity contribution in [2.24, 2.45) is 0 Å². The molecule has 0 unspecified atom stereocenters. The molecule has 0 fully saturated rings. The Bertz CT molecular complexity index is 382. The fraction of sp³-hybridized carbons (Fsp3) is 0.583. The molecule has 1 aromatic heterocycles. The predicted molar refractivity (Wildman–Crippen MR) is 69.6 cm³/mol. The SMILES string of the molecule is CCNC(=O)CCNc1cc(OC(C)C)ncn1. The zero-order valence-electron chi connectivity index (χ0n) is 11.1. The van der Waals surface area contributed by atoms with Crippen LogP contribution in [-0.4, -0.2) is 35.1 Å². The second-order valence-electron chi connectivity index (χ2n) is 4.04. The number of aromatic nitrogens is 2. The molecule has 1 heterocycles. The molecule has 1 aromatic rings. The van der Waals surface area contributed by atoms with Gasteiger partial charge in [-0.25, -0.2) is 9.97 Å². The summed E-state index contributed by atoms with van der Waals surface area (Å²) in [6.07, 6.45) is 1.92. The molecule has 0 aliphatic heterocycles. The number of carbonyl (C=O) groups excluding carboxylic acids is 1. The van der Waals surface area contributed by atoms with Gasteiger partial charge in [0.05, 0.1) is 6.10 Å². The molecule has 1 rings (SSSR count). The number of hydrogen-bond acceptors (Lipinski definition) is 5. The van der Waals surface area contributed by atoms with Crippen LogP contribution in [-0.2, 0) is 4.79 Å². The first-order chi connectivity index (χ1) is 8.61. The van der Waals surface area contributed by atoms with Crippen LogP contribution in [0.25, 0.3) is 0 Å². The van der Waals surface area contributed by atoms with Crippen LogP contribution < -0.4 is 15.4 Å². The molecule has 0 bridgehead atoms. The minimum atomic E-state index is 0.0257. The van der Waals surface area contributed by atoms with Crippen molar-refractivity contribution in [2.45, 2.75) is 33.3 Å². The van der Waals surface area contributed by atoms with Gasteiger partial charge in [-0.2, -0.15) is 0 Å². The zero-order valence-corrected chi connectivity index (χ0v) is 11.1. The van der Waals surface area contributed by atoms with Gasteiger partial charge < -0.3 is 15.4 Å². The van der Waals surface area contributed by atoms with E-state index in [1.54, 1.807) is 6.07 Å². The molecular formula is C12H20N4O2. The standard InChI is InChI=1S/C12H20N4O2/c1-4-13-11(17)5-6-14-10-7-12(16-8-15-10)18-9(2)3/h7-9H,4-6H2,1-3H3,(H,13,17)(H,14,15,16). The third-order valence-electron chi connectivity index (χ3n) is 2.03. The molecule has 0 spiro atoms. The van der Waals surface area contributed by atoms with Crippen molar-refractivity contribution >= 4 is 11.7 Å². The maximum absolute atomic E-state index is 11.2. The lowest BCUT2D eigenvalue weighted by molar-refractivity contribution is -0.120. The zero-order chi connectivity index (χ0) is 13.4. The molecule has 1 amide bonds. The summed E-state index contributed by atoms with van der Waals surface area (Å²) in [5.41, 5.74) is 0. The van der Waals surface area contributed by atoms with E-state index < -0.39 is 0 Å². The van der Waals surface area contributed by atoms with Gasteiger partial charge in [0.15, 0.2) is 0 Å². The molecule has 0 atom stereocenters. The van der Waals surface area contributed by atoms with Crippen molar-refractivity contribution in [3.63, 3.8) is 0 Å². The van der Waals surface area contributed by atoms with Gasteiger partial charge in [-0.05, 0) is 20.8 Å². The van der Waals surface area contributed by atoms with E-state index in [1.165, 1.54) is 6.33 Å². The molecule has 0 aromatic carbocycles. The fourth-order valence-corrected chi connectivity index (χ4v) is 1.33. The van der Waals surface area contributed by atoms with E-state index >= 15 is 0 Å². The highest BCUT2D eigenvalue weighted by atomic mass is 16.5. The van der Waals surface area contributed by atoms with E-state index in [1.807, 2.05) is 20.8 Å². The fourth-order valence-electron chi connectivity index (χ4n) is 1.33. The summed E-state index contributed by atoms with van der Waals surface area (Å²) >= 11 is 0. The monoisotopic (exact) mass is 252 g/mol. The van der Waals surface area contributed by atoms with Gasteiger partial charge in [0.1, 0.15) is 12.1 Å². The second kappa shape index (κ2) is 7.47. The Morgan fingerprint density at radius 1 is 1.44 bits per heavy atom. The molecule has 100 valence electrons. The number of amides is 1. The highest BCUT2D eigenvalue weighted by Crippen LogP contribution is 2.12. The summed E-state index contributed by atoms with van der Waals surface area (Å²) in [5.74, 6) is 1.21. The van der Waals surface area contributed by atoms with Crippen LogP contribution in [0, 0.1) is 0 Å². The van der Waals surface area contributed by atoms with Crippen molar-refractivity contribution in [1.82, 2.24) is 15.3 Å². The van der Waals surface area contributed by atoms with Gasteiger partial charge in [-0.1, -0.05) is 0 Å². The normalized spacial score (nSPS) is 10.2. The molecule has 0 aliphatic rings. The Hall–Kier alpha value is -1.85. The van der Waals surface area contributed by atoms with Crippen LogP contribution >= 0.6 is 0 Å². The van der Waals surface area contributed by atoms with Crippen molar-refractivity contribution in [3.8, 4) is 5.88 Å². The summed E-state index contributed by atoms with van der Waals surface area (Å²) in [4.78, 5) is 19.3. The molecule has 0 aliphatic carbocycles. The van der Waals surface area contributed by atoms with Crippen molar-refractivity contribution in [2.75, 3.05) is 18.4 Å². The van der Waals surface area contributed by atoms with Crippen molar-refractivity contribution in [1.29, 1.82) is 0 Å². The van der Waals surface area contributed by atoms with E-state index in [4.69, 9.17) is 4.74 Å². The predicted octanol–water partition coefficient (Wildman–Crippen LogP) is 1.20. The largest absolute Gasteiger partial charge is 0.475 e. The van der Waals surface area contributed by atoms with Crippen LogP contribution in [0.1, 0.15) is 27.2 Å². The number of nitrogens with one attached hydrogen (secondary N) is 2. The minimum absolute atomic E-state index is 0.0257. The van der Waals surface area contributed by atoms with E-state index in [9.17, 15) is 4.79 Å². The lowest BCUT2D eigenvalue weighted by Gasteiger charge is -2.10. The first-order valence-corrected chi connectivity index (χ1v) is 6.11. The molecular weight excluding hydrogens is 232 g/mol. The topological polar surface area (TPSA) is 76.1 Å². The summed E-state index contributed by atoms with van der Waals surface area (Å²) in [7, 11) is 0. The van der Waals surface area contributed by atoms with Gasteiger partial charge >= 0.3 is 0 Å². The smallest absolute Gasteiger partial charge is 0.221 e. The average molecular weight is 252 g/mol. The number of rotatable bonds is 7. The van der Waals surface area contributed by atoms with Crippen LogP contribution in [0.15, 0.2) is 12.4 Å². The van der Waals surface area contributed by atoms with E-state index in [0.29, 0.717) is 31.2 Å². The Kier molecular flexibility index (Phi) is 5.90. The quantitative estimate of drug-likeness (QED) is 0.762. The Morgan fingerprint density at radius 3 is 2.89 bits per heavy atom. The molecule has 2 N–H and O–H groups in total. The summed E-state index contributed by atoms with van der Waals surface area (Å²) in [6, 6.07) is 1.72. The van der Waals surface area contributed by atoms with Gasteiger partial charge in [0.25, 0.3) is 0 Å². The number of hydrogen-bond donors (Lipinski definition) is 2. The highest BCUT2D eigenvalue weighted by molar-refractivity contribution is 5.76. The van der Waals surface area contributed by atoms with E-state index in [0.717, 1.165) is 0 Å². The van der Waals surface area contributed by atoms with Crippen LogP contribution in [0.3, 0.4) is 0 Å². The molecule has 18 heavy (non-hydrogen) atoms. The third-order valence-corrected chi connectivity index (χ3v) is 2.03. The lowest BCUT2D eigenvalue weighted by Crippen LogP contribution is -2.24. The average Bonchev–Trinajstić information content (AvgIpc) is 2.29. The maximum atomic E-state index is 11.2. The Morgan fingerprint density at radius 2 is 2.22 bits per heavy atom. The van der Waals surface area contributed by atoms with Crippen LogP contribution in [0.5, 0.6) is 5.88 Å². The summed E-state index contributed by atoms with van der Waals surface area (Å²) in [5, 5.41) is 5.79.